The van der Waals surface area contributed by atoms with Crippen LogP contribution >= 0.6 is 11.6 Å². The molecule has 0 N–H and O–H groups in total. The van der Waals surface area contributed by atoms with Crippen molar-refractivity contribution >= 4 is 17.4 Å². The quantitative estimate of drug-likeness (QED) is 0.701. The van der Waals surface area contributed by atoms with Gasteiger partial charge in [0.25, 0.3) is 0 Å². The molecule has 0 aliphatic carbocycles. The number of carbonyl (C=O) groups is 1. The third-order valence-corrected chi connectivity index (χ3v) is 3.02. The predicted octanol–water partition coefficient (Wildman–Crippen LogP) is 4.67. The lowest BCUT2D eigenvalue weighted by molar-refractivity contribution is 0.0977. The van der Waals surface area contributed by atoms with Crippen LogP contribution in [-0.2, 0) is 0 Å². The second kappa shape index (κ2) is 6.79. The van der Waals surface area contributed by atoms with Crippen molar-refractivity contribution in [1.82, 2.24) is 0 Å². The van der Waals surface area contributed by atoms with Crippen molar-refractivity contribution in [2.45, 2.75) is 40.5 Å². The molecule has 0 atom stereocenters. The van der Waals surface area contributed by atoms with Gasteiger partial charge in [-0.1, -0.05) is 32.4 Å². The summed E-state index contributed by atoms with van der Waals surface area (Å²) in [7, 11) is 0. The zero-order chi connectivity index (χ0) is 13.7. The maximum Gasteiger partial charge on any atom is 0.166 e. The number of carbonyl (C=O) groups excluding carboxylic acids is 1. The molecule has 0 saturated carbocycles. The van der Waals surface area contributed by atoms with Gasteiger partial charge in [-0.15, -0.1) is 0 Å². The third-order valence-electron chi connectivity index (χ3n) is 2.61. The van der Waals surface area contributed by atoms with Crippen LogP contribution in [-0.4, -0.2) is 12.4 Å². The van der Waals surface area contributed by atoms with Crippen molar-refractivity contribution in [2.75, 3.05) is 6.61 Å². The second-order valence-corrected chi connectivity index (χ2v) is 5.38. The Morgan fingerprint density at radius 3 is 2.61 bits per heavy atom. The second-order valence-electron chi connectivity index (χ2n) is 4.98. The van der Waals surface area contributed by atoms with Gasteiger partial charge in [0.15, 0.2) is 5.78 Å². The zero-order valence-corrected chi connectivity index (χ0v) is 12.3. The van der Waals surface area contributed by atoms with E-state index in [4.69, 9.17) is 16.3 Å². The number of hydrogen-bond donors (Lipinski definition) is 0. The summed E-state index contributed by atoms with van der Waals surface area (Å²) in [4.78, 5) is 12.0. The molecule has 100 valence electrons. The van der Waals surface area contributed by atoms with Crippen LogP contribution in [0.1, 0.15) is 49.5 Å². The fourth-order valence-electron chi connectivity index (χ4n) is 1.61. The summed E-state index contributed by atoms with van der Waals surface area (Å²) in [6, 6.07) is 3.58. The first-order valence-electron chi connectivity index (χ1n) is 6.41. The van der Waals surface area contributed by atoms with Crippen LogP contribution in [0, 0.1) is 12.8 Å². The van der Waals surface area contributed by atoms with Gasteiger partial charge in [0, 0.05) is 11.4 Å². The molecule has 1 aromatic rings. The number of Topliss-reactive ketones (excluding diaryl/α,β-unsaturated/α-hetero) is 1. The molecule has 18 heavy (non-hydrogen) atoms. The summed E-state index contributed by atoms with van der Waals surface area (Å²) in [5, 5.41) is 0.617. The number of ketones is 1. The first-order chi connectivity index (χ1) is 8.45. The predicted molar refractivity (Wildman–Crippen MR) is 75.8 cm³/mol. The van der Waals surface area contributed by atoms with E-state index in [1.807, 2.05) is 19.9 Å². The topological polar surface area (TPSA) is 26.3 Å². The lowest BCUT2D eigenvalue weighted by Crippen LogP contribution is -2.09. The molecule has 3 heteroatoms. The standard InChI is InChI=1S/C15H21ClO2/c1-5-6-14(17)12-8-13(16)11(4)7-15(12)18-9-10(2)3/h7-8,10H,5-6,9H2,1-4H3. The van der Waals surface area contributed by atoms with Crippen LogP contribution < -0.4 is 4.74 Å². The number of hydrogen-bond acceptors (Lipinski definition) is 2. The SMILES string of the molecule is CCCC(=O)c1cc(Cl)c(C)cc1OCC(C)C. The Morgan fingerprint density at radius 1 is 1.39 bits per heavy atom. The van der Waals surface area contributed by atoms with Gasteiger partial charge in [0.2, 0.25) is 0 Å². The van der Waals surface area contributed by atoms with Gasteiger partial charge in [-0.05, 0) is 37.0 Å². The molecule has 0 fully saturated rings. The Labute approximate surface area is 114 Å². The van der Waals surface area contributed by atoms with E-state index >= 15 is 0 Å². The Hall–Kier alpha value is -1.02. The Bertz CT molecular complexity index is 425. The van der Waals surface area contributed by atoms with E-state index in [1.165, 1.54) is 0 Å². The highest BCUT2D eigenvalue weighted by Crippen LogP contribution is 2.28. The maximum atomic E-state index is 12.0. The lowest BCUT2D eigenvalue weighted by atomic mass is 10.0. The van der Waals surface area contributed by atoms with Crippen molar-refractivity contribution in [3.63, 3.8) is 0 Å². The average molecular weight is 269 g/mol. The average Bonchev–Trinajstić information content (AvgIpc) is 2.30. The molecule has 0 bridgehead atoms. The van der Waals surface area contributed by atoms with Crippen LogP contribution in [0.15, 0.2) is 12.1 Å². The number of halogens is 1. The van der Waals surface area contributed by atoms with E-state index in [2.05, 4.69) is 13.8 Å². The summed E-state index contributed by atoms with van der Waals surface area (Å²) in [5.41, 5.74) is 1.54. The van der Waals surface area contributed by atoms with Gasteiger partial charge in [-0.25, -0.2) is 0 Å². The van der Waals surface area contributed by atoms with E-state index in [9.17, 15) is 4.79 Å². The van der Waals surface area contributed by atoms with Crippen LogP contribution in [0.2, 0.25) is 5.02 Å². The molecule has 0 unspecified atom stereocenters. The molecule has 0 aromatic heterocycles. The normalized spacial score (nSPS) is 10.8. The minimum absolute atomic E-state index is 0.0955. The van der Waals surface area contributed by atoms with Crippen molar-refractivity contribution in [3.8, 4) is 5.75 Å². The fourth-order valence-corrected chi connectivity index (χ4v) is 1.77. The van der Waals surface area contributed by atoms with Gasteiger partial charge < -0.3 is 4.74 Å². The lowest BCUT2D eigenvalue weighted by Gasteiger charge is -2.14. The first-order valence-corrected chi connectivity index (χ1v) is 6.79. The summed E-state index contributed by atoms with van der Waals surface area (Å²) in [5.74, 6) is 1.18. The molecule has 0 spiro atoms. The molecule has 0 aliphatic rings. The maximum absolute atomic E-state index is 12.0. The van der Waals surface area contributed by atoms with Crippen LogP contribution in [0.3, 0.4) is 0 Å². The molecule has 0 heterocycles. The molecular weight excluding hydrogens is 248 g/mol. The molecule has 0 saturated heterocycles. The summed E-state index contributed by atoms with van der Waals surface area (Å²) < 4.78 is 5.72. The fraction of sp³-hybridized carbons (Fsp3) is 0.533. The van der Waals surface area contributed by atoms with Gasteiger partial charge >= 0.3 is 0 Å². The van der Waals surface area contributed by atoms with E-state index in [0.717, 1.165) is 12.0 Å². The van der Waals surface area contributed by atoms with Gasteiger partial charge in [-0.3, -0.25) is 4.79 Å². The van der Waals surface area contributed by atoms with Crippen LogP contribution in [0.25, 0.3) is 0 Å². The summed E-state index contributed by atoms with van der Waals surface area (Å²) >= 11 is 6.08. The van der Waals surface area contributed by atoms with Crippen LogP contribution in [0.4, 0.5) is 0 Å². The molecule has 1 aromatic carbocycles. The minimum atomic E-state index is 0.0955. The smallest absolute Gasteiger partial charge is 0.166 e. The van der Waals surface area contributed by atoms with Crippen LogP contribution in [0.5, 0.6) is 5.75 Å². The number of ether oxygens (including phenoxy) is 1. The minimum Gasteiger partial charge on any atom is -0.493 e. The number of rotatable bonds is 6. The first kappa shape index (κ1) is 15.0. The van der Waals surface area contributed by atoms with E-state index in [-0.39, 0.29) is 5.78 Å². The molecule has 0 amide bonds. The number of aryl methyl sites for hydroxylation is 1. The highest BCUT2D eigenvalue weighted by molar-refractivity contribution is 6.31. The van der Waals surface area contributed by atoms with Crippen molar-refractivity contribution in [3.05, 3.63) is 28.3 Å². The highest BCUT2D eigenvalue weighted by atomic mass is 35.5. The third kappa shape index (κ3) is 4.02. The molecule has 2 nitrogen and oxygen atoms in total. The molecule has 0 radical (unpaired) electrons. The van der Waals surface area contributed by atoms with Crippen molar-refractivity contribution < 1.29 is 9.53 Å². The Morgan fingerprint density at radius 2 is 2.06 bits per heavy atom. The van der Waals surface area contributed by atoms with Gasteiger partial charge in [-0.2, -0.15) is 0 Å². The van der Waals surface area contributed by atoms with E-state index < -0.39 is 0 Å². The largest absolute Gasteiger partial charge is 0.493 e. The van der Waals surface area contributed by atoms with Crippen molar-refractivity contribution in [1.29, 1.82) is 0 Å². The highest BCUT2D eigenvalue weighted by Gasteiger charge is 2.14. The molecule has 1 rings (SSSR count). The monoisotopic (exact) mass is 268 g/mol. The van der Waals surface area contributed by atoms with Crippen molar-refractivity contribution in [2.24, 2.45) is 5.92 Å². The molecular formula is C15H21ClO2. The van der Waals surface area contributed by atoms with Gasteiger partial charge in [0.05, 0.1) is 12.2 Å². The van der Waals surface area contributed by atoms with Gasteiger partial charge in [0.1, 0.15) is 5.75 Å². The van der Waals surface area contributed by atoms with E-state index in [1.54, 1.807) is 6.07 Å². The summed E-state index contributed by atoms with van der Waals surface area (Å²) in [6.07, 6.45) is 1.35. The molecule has 0 aliphatic heterocycles. The summed E-state index contributed by atoms with van der Waals surface area (Å²) in [6.45, 7) is 8.67. The zero-order valence-electron chi connectivity index (χ0n) is 11.5. The number of benzene rings is 1. The van der Waals surface area contributed by atoms with E-state index in [0.29, 0.717) is 35.3 Å². The Kier molecular flexibility index (Phi) is 5.67. The Balaban J connectivity index is 3.04.